The number of piperazine rings is 1. The maximum absolute atomic E-state index is 13.9. The van der Waals surface area contributed by atoms with Crippen molar-refractivity contribution < 1.29 is 19.1 Å². The van der Waals surface area contributed by atoms with Crippen LogP contribution in [0.25, 0.3) is 10.9 Å². The van der Waals surface area contributed by atoms with Crippen molar-refractivity contribution in [3.8, 4) is 11.5 Å². The first-order valence-electron chi connectivity index (χ1n) is 12.6. The number of fused-ring (bicyclic) bond motifs is 4. The van der Waals surface area contributed by atoms with E-state index in [1.807, 2.05) is 73.7 Å². The molecule has 1 saturated heterocycles. The van der Waals surface area contributed by atoms with Crippen LogP contribution >= 0.6 is 0 Å². The first-order chi connectivity index (χ1) is 18.1. The number of aromatic nitrogens is 1. The van der Waals surface area contributed by atoms with E-state index in [1.54, 1.807) is 16.9 Å². The molecule has 7 nitrogen and oxygen atoms in total. The second-order valence-electron chi connectivity index (χ2n) is 9.51. The average molecular weight is 496 g/mol. The highest BCUT2D eigenvalue weighted by atomic mass is 16.5. The number of aromatic amines is 1. The summed E-state index contributed by atoms with van der Waals surface area (Å²) in [5.74, 6) is 1.15. The Morgan fingerprint density at radius 2 is 1.76 bits per heavy atom. The number of benzene rings is 3. The number of para-hydroxylation sites is 1. The number of ether oxygens (including phenoxy) is 2. The summed E-state index contributed by atoms with van der Waals surface area (Å²) in [6, 6.07) is 22.7. The van der Waals surface area contributed by atoms with Crippen LogP contribution < -0.4 is 9.47 Å². The Balaban J connectivity index is 1.46. The fourth-order valence-electron chi connectivity index (χ4n) is 5.74. The van der Waals surface area contributed by atoms with Crippen LogP contribution in [-0.4, -0.2) is 52.9 Å². The molecule has 7 heteroatoms. The van der Waals surface area contributed by atoms with E-state index in [9.17, 15) is 9.59 Å². The smallest absolute Gasteiger partial charge is 0.246 e. The third kappa shape index (κ3) is 3.91. The van der Waals surface area contributed by atoms with Crippen molar-refractivity contribution in [3.05, 3.63) is 95.2 Å². The number of nitrogens with zero attached hydrogens (tertiary/aromatic N) is 2. The Hall–Kier alpha value is -4.26. The molecule has 0 aliphatic carbocycles. The van der Waals surface area contributed by atoms with E-state index in [0.717, 1.165) is 33.3 Å². The Labute approximate surface area is 215 Å². The molecule has 2 aliphatic heterocycles. The molecule has 2 aliphatic rings. The molecule has 188 valence electrons. The number of methoxy groups -OCH3 is 1. The van der Waals surface area contributed by atoms with E-state index in [2.05, 4.69) is 11.1 Å². The predicted molar refractivity (Wildman–Crippen MR) is 141 cm³/mol. The first kappa shape index (κ1) is 23.2. The quantitative estimate of drug-likeness (QED) is 0.429. The van der Waals surface area contributed by atoms with Gasteiger partial charge in [0.05, 0.1) is 19.8 Å². The van der Waals surface area contributed by atoms with Gasteiger partial charge in [-0.1, -0.05) is 54.6 Å². The minimum Gasteiger partial charge on any atom is -0.493 e. The number of amides is 2. The van der Waals surface area contributed by atoms with Crippen molar-refractivity contribution in [1.29, 1.82) is 0 Å². The summed E-state index contributed by atoms with van der Waals surface area (Å²) in [7, 11) is 1.61. The van der Waals surface area contributed by atoms with Gasteiger partial charge in [-0.2, -0.15) is 0 Å². The van der Waals surface area contributed by atoms with Crippen LogP contribution in [0, 0.1) is 0 Å². The van der Waals surface area contributed by atoms with Gasteiger partial charge >= 0.3 is 0 Å². The topological polar surface area (TPSA) is 74.9 Å². The van der Waals surface area contributed by atoms with Crippen LogP contribution in [0.1, 0.15) is 35.3 Å². The molecule has 1 N–H and O–H groups in total. The van der Waals surface area contributed by atoms with E-state index >= 15 is 0 Å². The van der Waals surface area contributed by atoms with E-state index in [4.69, 9.17) is 9.47 Å². The summed E-state index contributed by atoms with van der Waals surface area (Å²) >= 11 is 0. The zero-order chi connectivity index (χ0) is 25.5. The van der Waals surface area contributed by atoms with Crippen LogP contribution in [0.4, 0.5) is 0 Å². The summed E-state index contributed by atoms with van der Waals surface area (Å²) in [4.78, 5) is 34.7. The molecule has 0 radical (unpaired) electrons. The van der Waals surface area contributed by atoms with Crippen LogP contribution in [0.2, 0.25) is 0 Å². The molecule has 0 unspecified atom stereocenters. The van der Waals surface area contributed by atoms with Crippen LogP contribution in [-0.2, 0) is 22.6 Å². The van der Waals surface area contributed by atoms with Crippen molar-refractivity contribution in [2.75, 3.05) is 20.3 Å². The SMILES string of the molecule is CCOc1ccc([C@H]2c3[nH]c4ccccc4c3C[C@H]3C(=O)N(Cc4ccccc4)CC(=O)N23)cc1OC. The minimum absolute atomic E-state index is 0.0257. The van der Waals surface area contributed by atoms with Gasteiger partial charge in [0.1, 0.15) is 12.6 Å². The fourth-order valence-corrected chi connectivity index (χ4v) is 5.74. The standard InChI is InChI=1S/C30H29N3O4/c1-3-37-25-14-13-20(15-26(25)36-2)29-28-22(21-11-7-8-12-23(21)31-28)16-24-30(35)32(18-27(34)33(24)29)17-19-9-5-4-6-10-19/h4-15,24,29,31H,3,16-18H2,1-2H3/t24-,29-/m0/s1. The van der Waals surface area contributed by atoms with Gasteiger partial charge in [-0.05, 0) is 41.8 Å². The largest absolute Gasteiger partial charge is 0.493 e. The van der Waals surface area contributed by atoms with Gasteiger partial charge < -0.3 is 24.3 Å². The monoisotopic (exact) mass is 495 g/mol. The fraction of sp³-hybridized carbons (Fsp3) is 0.267. The molecule has 0 saturated carbocycles. The summed E-state index contributed by atoms with van der Waals surface area (Å²) in [6.45, 7) is 2.90. The lowest BCUT2D eigenvalue weighted by molar-refractivity contribution is -0.159. The van der Waals surface area contributed by atoms with E-state index in [-0.39, 0.29) is 18.4 Å². The minimum atomic E-state index is -0.584. The van der Waals surface area contributed by atoms with Gasteiger partial charge in [0, 0.05) is 29.6 Å². The third-order valence-corrected chi connectivity index (χ3v) is 7.36. The van der Waals surface area contributed by atoms with Gasteiger partial charge in [0.15, 0.2) is 11.5 Å². The highest BCUT2D eigenvalue weighted by molar-refractivity contribution is 5.97. The van der Waals surface area contributed by atoms with Gasteiger partial charge in [-0.25, -0.2) is 0 Å². The number of carbonyl (C=O) groups excluding carboxylic acids is 2. The van der Waals surface area contributed by atoms with Crippen molar-refractivity contribution >= 4 is 22.7 Å². The summed E-state index contributed by atoms with van der Waals surface area (Å²) in [6.07, 6.45) is 0.472. The zero-order valence-electron chi connectivity index (χ0n) is 20.9. The molecular formula is C30H29N3O4. The number of nitrogens with one attached hydrogen (secondary N) is 1. The molecule has 1 aromatic heterocycles. The maximum atomic E-state index is 13.9. The number of hydrogen-bond acceptors (Lipinski definition) is 4. The molecule has 6 rings (SSSR count). The first-order valence-corrected chi connectivity index (χ1v) is 12.6. The summed E-state index contributed by atoms with van der Waals surface area (Å²) in [5.41, 5.74) is 4.90. The molecule has 1 fully saturated rings. The zero-order valence-corrected chi connectivity index (χ0v) is 20.9. The highest BCUT2D eigenvalue weighted by Gasteiger charge is 2.48. The number of rotatable bonds is 6. The van der Waals surface area contributed by atoms with E-state index in [0.29, 0.717) is 31.1 Å². The van der Waals surface area contributed by atoms with Crippen molar-refractivity contribution in [2.45, 2.75) is 32.0 Å². The number of carbonyl (C=O) groups is 2. The number of hydrogen-bond donors (Lipinski definition) is 1. The molecule has 37 heavy (non-hydrogen) atoms. The Bertz CT molecular complexity index is 1480. The molecule has 0 bridgehead atoms. The van der Waals surface area contributed by atoms with Gasteiger partial charge in [0.2, 0.25) is 11.8 Å². The Morgan fingerprint density at radius 3 is 2.54 bits per heavy atom. The lowest BCUT2D eigenvalue weighted by atomic mass is 9.86. The highest BCUT2D eigenvalue weighted by Crippen LogP contribution is 2.44. The van der Waals surface area contributed by atoms with Crippen LogP contribution in [0.3, 0.4) is 0 Å². The second kappa shape index (κ2) is 9.32. The van der Waals surface area contributed by atoms with E-state index < -0.39 is 12.1 Å². The number of H-pyrrole nitrogens is 1. The van der Waals surface area contributed by atoms with Crippen molar-refractivity contribution in [1.82, 2.24) is 14.8 Å². The maximum Gasteiger partial charge on any atom is 0.246 e. The van der Waals surface area contributed by atoms with E-state index in [1.165, 1.54) is 0 Å². The van der Waals surface area contributed by atoms with Gasteiger partial charge in [0.25, 0.3) is 0 Å². The lowest BCUT2D eigenvalue weighted by Gasteiger charge is -2.47. The predicted octanol–water partition coefficient (Wildman–Crippen LogP) is 4.46. The Kier molecular flexibility index (Phi) is 5.83. The lowest BCUT2D eigenvalue weighted by Crippen LogP contribution is -2.62. The summed E-state index contributed by atoms with van der Waals surface area (Å²) in [5, 5.41) is 1.08. The van der Waals surface area contributed by atoms with Crippen molar-refractivity contribution in [2.24, 2.45) is 0 Å². The molecule has 2 atom stereocenters. The van der Waals surface area contributed by atoms with Crippen LogP contribution in [0.5, 0.6) is 11.5 Å². The Morgan fingerprint density at radius 1 is 0.973 bits per heavy atom. The second-order valence-corrected chi connectivity index (χ2v) is 9.51. The van der Waals surface area contributed by atoms with Gasteiger partial charge in [-0.3, -0.25) is 9.59 Å². The van der Waals surface area contributed by atoms with Gasteiger partial charge in [-0.15, -0.1) is 0 Å². The molecule has 3 heterocycles. The molecule has 2 amide bonds. The molecular weight excluding hydrogens is 466 g/mol. The molecule has 3 aromatic carbocycles. The van der Waals surface area contributed by atoms with Crippen LogP contribution in [0.15, 0.2) is 72.8 Å². The average Bonchev–Trinajstić information content (AvgIpc) is 3.30. The normalized spacial score (nSPS) is 19.1. The summed E-state index contributed by atoms with van der Waals surface area (Å²) < 4.78 is 11.4. The molecule has 0 spiro atoms. The van der Waals surface area contributed by atoms with Crippen molar-refractivity contribution in [3.63, 3.8) is 0 Å². The molecule has 4 aromatic rings. The third-order valence-electron chi connectivity index (χ3n) is 7.36.